The third-order valence-electron chi connectivity index (χ3n) is 3.40. The molecule has 1 heterocycles. The van der Waals surface area contributed by atoms with Gasteiger partial charge in [0.05, 0.1) is 6.21 Å². The number of hydrogen-bond acceptors (Lipinski definition) is 2. The summed E-state index contributed by atoms with van der Waals surface area (Å²) in [6, 6.07) is 14.9. The van der Waals surface area contributed by atoms with Crippen molar-refractivity contribution in [3.8, 4) is 0 Å². The molecule has 0 aliphatic rings. The number of rotatable bonds is 3. The van der Waals surface area contributed by atoms with Crippen molar-refractivity contribution >= 4 is 28.0 Å². The second-order valence-electron chi connectivity index (χ2n) is 4.62. The summed E-state index contributed by atoms with van der Waals surface area (Å²) in [5.74, 6) is 0. The molecule has 1 N–H and O–H groups in total. The largest absolute Gasteiger partial charge is 0.344 e. The van der Waals surface area contributed by atoms with Gasteiger partial charge in [0.2, 0.25) is 0 Å². The number of fused-ring (bicyclic) bond motifs is 3. The molecule has 0 bridgehead atoms. The van der Waals surface area contributed by atoms with Gasteiger partial charge in [-0.05, 0) is 30.7 Å². The fourth-order valence-electron chi connectivity index (χ4n) is 2.48. The Balaban J connectivity index is 2.19. The Bertz CT molecular complexity index is 753. The Morgan fingerprint density at radius 3 is 2.74 bits per heavy atom. The Morgan fingerprint density at radius 1 is 1.11 bits per heavy atom. The number of hydrogen-bond donors (Lipinski definition) is 1. The zero-order chi connectivity index (χ0) is 13.2. The van der Waals surface area contributed by atoms with Gasteiger partial charge in [-0.15, -0.1) is 0 Å². The number of nitrogens with one attached hydrogen (secondary N) is 1. The molecule has 0 aliphatic carbocycles. The van der Waals surface area contributed by atoms with E-state index in [-0.39, 0.29) is 0 Å². The van der Waals surface area contributed by atoms with Crippen LogP contribution in [0.1, 0.15) is 12.5 Å². The predicted octanol–water partition coefficient (Wildman–Crippen LogP) is 3.27. The predicted molar refractivity (Wildman–Crippen MR) is 81.7 cm³/mol. The highest BCUT2D eigenvalue weighted by Crippen LogP contribution is 2.28. The van der Waals surface area contributed by atoms with Crippen LogP contribution in [0, 0.1) is 0 Å². The molecule has 0 amide bonds. The molecule has 96 valence electrons. The van der Waals surface area contributed by atoms with Crippen LogP contribution in [0.3, 0.4) is 0 Å². The van der Waals surface area contributed by atoms with Crippen LogP contribution in [0.5, 0.6) is 0 Å². The fraction of sp³-hybridized carbons (Fsp3) is 0.188. The summed E-state index contributed by atoms with van der Waals surface area (Å²) in [6.45, 7) is 2.87. The molecule has 2 aromatic carbocycles. The number of nitrogens with zero attached hydrogens (tertiary/aromatic N) is 2. The van der Waals surface area contributed by atoms with Gasteiger partial charge in [0.1, 0.15) is 0 Å². The highest BCUT2D eigenvalue weighted by molar-refractivity contribution is 6.09. The average molecular weight is 251 g/mol. The maximum Gasteiger partial charge on any atom is 0.0540 e. The monoisotopic (exact) mass is 251 g/mol. The minimum Gasteiger partial charge on any atom is -0.344 e. The standard InChI is InChI=1S/C16H17N3/c1-3-17-18-11-12-8-9-16-14(10-12)13-6-4-5-7-15(13)19(16)2/h4-11,17H,3H2,1-2H3/b18-11+. The van der Waals surface area contributed by atoms with E-state index in [1.54, 1.807) is 0 Å². The number of hydrazone groups is 1. The first-order valence-corrected chi connectivity index (χ1v) is 6.54. The lowest BCUT2D eigenvalue weighted by Gasteiger charge is -1.98. The summed E-state index contributed by atoms with van der Waals surface area (Å²) in [5, 5.41) is 6.74. The van der Waals surface area contributed by atoms with Gasteiger partial charge >= 0.3 is 0 Å². The van der Waals surface area contributed by atoms with Crippen molar-refractivity contribution in [2.45, 2.75) is 6.92 Å². The van der Waals surface area contributed by atoms with Crippen LogP contribution in [-0.4, -0.2) is 17.3 Å². The number of aromatic nitrogens is 1. The molecule has 0 saturated heterocycles. The van der Waals surface area contributed by atoms with Gasteiger partial charge in [-0.1, -0.05) is 24.3 Å². The van der Waals surface area contributed by atoms with Crippen molar-refractivity contribution in [3.05, 3.63) is 48.0 Å². The zero-order valence-corrected chi connectivity index (χ0v) is 11.2. The summed E-state index contributed by atoms with van der Waals surface area (Å²) in [7, 11) is 2.11. The first-order valence-electron chi connectivity index (χ1n) is 6.54. The topological polar surface area (TPSA) is 29.3 Å². The molecule has 3 nitrogen and oxygen atoms in total. The molecule has 0 aliphatic heterocycles. The lowest BCUT2D eigenvalue weighted by Crippen LogP contribution is -2.03. The van der Waals surface area contributed by atoms with Crippen LogP contribution >= 0.6 is 0 Å². The third-order valence-corrected chi connectivity index (χ3v) is 3.40. The Kier molecular flexibility index (Phi) is 2.95. The van der Waals surface area contributed by atoms with Gasteiger partial charge in [0, 0.05) is 35.4 Å². The van der Waals surface area contributed by atoms with Gasteiger partial charge in [-0.25, -0.2) is 0 Å². The van der Waals surface area contributed by atoms with E-state index in [1.807, 2.05) is 13.1 Å². The van der Waals surface area contributed by atoms with Gasteiger partial charge < -0.3 is 9.99 Å². The van der Waals surface area contributed by atoms with Crippen LogP contribution in [0.15, 0.2) is 47.6 Å². The van der Waals surface area contributed by atoms with E-state index in [0.29, 0.717) is 0 Å². The van der Waals surface area contributed by atoms with Crippen molar-refractivity contribution in [1.29, 1.82) is 0 Å². The van der Waals surface area contributed by atoms with Gasteiger partial charge in [-0.3, -0.25) is 0 Å². The maximum atomic E-state index is 4.17. The minimum atomic E-state index is 0.840. The molecule has 0 saturated carbocycles. The van der Waals surface area contributed by atoms with E-state index in [0.717, 1.165) is 12.1 Å². The smallest absolute Gasteiger partial charge is 0.0540 e. The van der Waals surface area contributed by atoms with Crippen molar-refractivity contribution in [2.24, 2.45) is 12.1 Å². The molecule has 1 aromatic heterocycles. The summed E-state index contributed by atoms with van der Waals surface area (Å²) < 4.78 is 2.23. The first-order chi connectivity index (χ1) is 9.31. The van der Waals surface area contributed by atoms with Crippen LogP contribution in [0.25, 0.3) is 21.8 Å². The van der Waals surface area contributed by atoms with E-state index in [2.05, 4.69) is 64.6 Å². The number of aryl methyl sites for hydroxylation is 1. The average Bonchev–Trinajstić information content (AvgIpc) is 2.73. The lowest BCUT2D eigenvalue weighted by molar-refractivity contribution is 0.788. The van der Waals surface area contributed by atoms with Crippen LogP contribution < -0.4 is 5.43 Å². The summed E-state index contributed by atoms with van der Waals surface area (Å²) in [6.07, 6.45) is 1.87. The van der Waals surface area contributed by atoms with E-state index in [1.165, 1.54) is 21.8 Å². The second kappa shape index (κ2) is 4.76. The maximum absolute atomic E-state index is 4.17. The van der Waals surface area contributed by atoms with E-state index in [4.69, 9.17) is 0 Å². The van der Waals surface area contributed by atoms with E-state index >= 15 is 0 Å². The molecule has 0 radical (unpaired) electrons. The van der Waals surface area contributed by atoms with Crippen LogP contribution in [-0.2, 0) is 7.05 Å². The number of benzene rings is 2. The minimum absolute atomic E-state index is 0.840. The molecule has 3 heteroatoms. The summed E-state index contributed by atoms with van der Waals surface area (Å²) >= 11 is 0. The second-order valence-corrected chi connectivity index (χ2v) is 4.62. The summed E-state index contributed by atoms with van der Waals surface area (Å²) in [4.78, 5) is 0. The van der Waals surface area contributed by atoms with Crippen molar-refractivity contribution < 1.29 is 0 Å². The summed E-state index contributed by atoms with van der Waals surface area (Å²) in [5.41, 5.74) is 6.58. The molecule has 0 fully saturated rings. The molecular weight excluding hydrogens is 234 g/mol. The fourth-order valence-corrected chi connectivity index (χ4v) is 2.48. The van der Waals surface area contributed by atoms with Crippen molar-refractivity contribution in [2.75, 3.05) is 6.54 Å². The molecule has 3 aromatic rings. The van der Waals surface area contributed by atoms with Crippen LogP contribution in [0.2, 0.25) is 0 Å². The molecule has 3 rings (SSSR count). The third kappa shape index (κ3) is 1.97. The quantitative estimate of drug-likeness (QED) is 0.562. The van der Waals surface area contributed by atoms with Crippen molar-refractivity contribution in [1.82, 2.24) is 9.99 Å². The van der Waals surface area contributed by atoms with Crippen molar-refractivity contribution in [3.63, 3.8) is 0 Å². The van der Waals surface area contributed by atoms with Gasteiger partial charge in [0.15, 0.2) is 0 Å². The van der Waals surface area contributed by atoms with Gasteiger partial charge in [0.25, 0.3) is 0 Å². The molecule has 0 atom stereocenters. The molecule has 0 spiro atoms. The Morgan fingerprint density at radius 2 is 1.89 bits per heavy atom. The normalized spacial score (nSPS) is 11.7. The molecule has 0 unspecified atom stereocenters. The molecule has 19 heavy (non-hydrogen) atoms. The Labute approximate surface area is 112 Å². The Hall–Kier alpha value is -2.29. The zero-order valence-electron chi connectivity index (χ0n) is 11.2. The first kappa shape index (κ1) is 11.8. The highest BCUT2D eigenvalue weighted by atomic mass is 15.3. The number of para-hydroxylation sites is 1. The lowest BCUT2D eigenvalue weighted by atomic mass is 10.1. The van der Waals surface area contributed by atoms with Crippen LogP contribution in [0.4, 0.5) is 0 Å². The highest BCUT2D eigenvalue weighted by Gasteiger charge is 2.07. The molecular formula is C16H17N3. The van der Waals surface area contributed by atoms with E-state index < -0.39 is 0 Å². The van der Waals surface area contributed by atoms with E-state index in [9.17, 15) is 0 Å². The SMILES string of the molecule is CCN/N=C/c1ccc2c(c1)c1ccccc1n2C. The van der Waals surface area contributed by atoms with Gasteiger partial charge in [-0.2, -0.15) is 5.10 Å².